The summed E-state index contributed by atoms with van der Waals surface area (Å²) in [6.45, 7) is 23.2. The minimum absolute atomic E-state index is 0.119. The quantitative estimate of drug-likeness (QED) is 0.0751. The van der Waals surface area contributed by atoms with Crippen LogP contribution in [0.2, 0.25) is 0 Å². The fourth-order valence-electron chi connectivity index (χ4n) is 11.8. The summed E-state index contributed by atoms with van der Waals surface area (Å²) in [5.41, 5.74) is 22.9. The van der Waals surface area contributed by atoms with Crippen molar-refractivity contribution >= 4 is 34.1 Å². The van der Waals surface area contributed by atoms with Crippen molar-refractivity contribution in [3.05, 3.63) is 215 Å². The van der Waals surface area contributed by atoms with E-state index in [1.54, 1.807) is 0 Å². The molecule has 0 amide bonds. The highest BCUT2D eigenvalue weighted by Gasteiger charge is 2.45. The molecule has 8 aromatic carbocycles. The van der Waals surface area contributed by atoms with E-state index in [-0.39, 0.29) is 5.41 Å². The number of anilines is 6. The van der Waals surface area contributed by atoms with Gasteiger partial charge in [0, 0.05) is 39.5 Å². The van der Waals surface area contributed by atoms with E-state index in [2.05, 4.69) is 261 Å². The zero-order valence-electron chi connectivity index (χ0n) is 45.7. The van der Waals surface area contributed by atoms with Crippen molar-refractivity contribution in [1.29, 1.82) is 0 Å². The SMILES string of the molecule is Cc1ccc(N(c2ccc(C)cc2)c2ccc(-c3ccc4c(c3)C(CC(C)CCCC(C)C)(CC(C)CCCC(C)C)c3cc(-c5ccc(N(c6ccc(C)cc6)c6ccc(C)cc6)cc5)ccc3-4)cc2)cc1. The number of hydrogen-bond acceptors (Lipinski definition) is 2. The van der Waals surface area contributed by atoms with E-state index in [1.165, 1.54) is 105 Å². The molecule has 1 aliphatic carbocycles. The lowest BCUT2D eigenvalue weighted by Crippen LogP contribution is -2.30. The molecule has 1 aliphatic rings. The maximum atomic E-state index is 2.61. The van der Waals surface area contributed by atoms with Gasteiger partial charge in [-0.1, -0.05) is 199 Å². The Morgan fingerprint density at radius 3 is 0.849 bits per heavy atom. The molecule has 2 heteroatoms. The van der Waals surface area contributed by atoms with E-state index in [4.69, 9.17) is 0 Å². The van der Waals surface area contributed by atoms with Gasteiger partial charge in [-0.3, -0.25) is 0 Å². The molecule has 0 bridgehead atoms. The number of nitrogens with zero attached hydrogens (tertiary/aromatic N) is 2. The second-order valence-electron chi connectivity index (χ2n) is 23.0. The highest BCUT2D eigenvalue weighted by Crippen LogP contribution is 2.57. The van der Waals surface area contributed by atoms with Crippen LogP contribution in [0, 0.1) is 51.4 Å². The topological polar surface area (TPSA) is 6.48 Å². The van der Waals surface area contributed by atoms with Crippen LogP contribution >= 0.6 is 0 Å². The first kappa shape index (κ1) is 51.3. The van der Waals surface area contributed by atoms with E-state index in [0.29, 0.717) is 11.8 Å². The van der Waals surface area contributed by atoms with Crippen LogP contribution in [0.5, 0.6) is 0 Å². The molecule has 8 aromatic rings. The standard InChI is InChI=1S/C71H80N2/c1-49(2)13-11-15-55(9)47-71(48-56(10)16-12-14-50(3)4)69-45-59(57-25-39-65(40-26-57)72(61-31-17-51(5)18-32-61)62-33-19-52(6)20-34-62)29-43-67(69)68-44-30-60(46-70(68)71)58-27-41-66(42-28-58)73(63-35-21-53(7)22-36-63)64-37-23-54(8)24-38-64/h17-46,49-50,55-56H,11-16,47-48H2,1-10H3. The van der Waals surface area contributed by atoms with Crippen molar-refractivity contribution in [2.24, 2.45) is 23.7 Å². The Labute approximate surface area is 440 Å². The Balaban J connectivity index is 1.12. The van der Waals surface area contributed by atoms with Gasteiger partial charge in [0.25, 0.3) is 0 Å². The van der Waals surface area contributed by atoms with E-state index < -0.39 is 0 Å². The third-order valence-electron chi connectivity index (χ3n) is 15.8. The van der Waals surface area contributed by atoms with Gasteiger partial charge in [-0.2, -0.15) is 0 Å². The van der Waals surface area contributed by atoms with Gasteiger partial charge < -0.3 is 9.80 Å². The summed E-state index contributed by atoms with van der Waals surface area (Å²) >= 11 is 0. The summed E-state index contributed by atoms with van der Waals surface area (Å²) in [4.78, 5) is 4.76. The number of fused-ring (bicyclic) bond motifs is 3. The van der Waals surface area contributed by atoms with Gasteiger partial charge in [-0.15, -0.1) is 0 Å². The summed E-state index contributed by atoms with van der Waals surface area (Å²) in [5, 5.41) is 0. The summed E-state index contributed by atoms with van der Waals surface area (Å²) < 4.78 is 0. The summed E-state index contributed by atoms with van der Waals surface area (Å²) in [6, 6.07) is 69.2. The fraction of sp³-hybridized carbons (Fsp3) is 0.324. The smallest absolute Gasteiger partial charge is 0.0462 e. The van der Waals surface area contributed by atoms with Gasteiger partial charge in [0.15, 0.2) is 0 Å². The van der Waals surface area contributed by atoms with Crippen LogP contribution < -0.4 is 9.80 Å². The normalized spacial score (nSPS) is 13.5. The zero-order valence-corrected chi connectivity index (χ0v) is 45.7. The van der Waals surface area contributed by atoms with Gasteiger partial charge >= 0.3 is 0 Å². The number of hydrogen-bond donors (Lipinski definition) is 0. The maximum Gasteiger partial charge on any atom is 0.0462 e. The Kier molecular flexibility index (Phi) is 15.9. The van der Waals surface area contributed by atoms with E-state index >= 15 is 0 Å². The number of rotatable bonds is 20. The Hall–Kier alpha value is -6.64. The minimum Gasteiger partial charge on any atom is -0.311 e. The molecule has 0 radical (unpaired) electrons. The molecule has 9 rings (SSSR count). The first-order valence-corrected chi connectivity index (χ1v) is 27.6. The summed E-state index contributed by atoms with van der Waals surface area (Å²) in [5.74, 6) is 2.60. The lowest BCUT2D eigenvalue weighted by molar-refractivity contribution is 0.289. The second kappa shape index (κ2) is 22.6. The largest absolute Gasteiger partial charge is 0.311 e. The zero-order chi connectivity index (χ0) is 51.2. The van der Waals surface area contributed by atoms with Gasteiger partial charge in [0.1, 0.15) is 0 Å². The van der Waals surface area contributed by atoms with Crippen molar-refractivity contribution in [1.82, 2.24) is 0 Å². The van der Waals surface area contributed by atoms with Crippen molar-refractivity contribution in [3.8, 4) is 33.4 Å². The number of aryl methyl sites for hydroxylation is 4. The molecule has 0 saturated carbocycles. The Morgan fingerprint density at radius 1 is 0.315 bits per heavy atom. The van der Waals surface area contributed by atoms with E-state index in [1.807, 2.05) is 0 Å². The van der Waals surface area contributed by atoms with Crippen LogP contribution in [0.25, 0.3) is 33.4 Å². The van der Waals surface area contributed by atoms with Crippen LogP contribution in [0.4, 0.5) is 34.1 Å². The predicted molar refractivity (Wildman–Crippen MR) is 317 cm³/mol. The minimum atomic E-state index is -0.119. The molecule has 0 spiro atoms. The Bertz CT molecular complexity index is 2740. The average Bonchev–Trinajstić information content (AvgIpc) is 3.63. The van der Waals surface area contributed by atoms with Crippen LogP contribution in [0.3, 0.4) is 0 Å². The van der Waals surface area contributed by atoms with Gasteiger partial charge in [0.05, 0.1) is 0 Å². The molecule has 2 nitrogen and oxygen atoms in total. The molecule has 0 fully saturated rings. The summed E-state index contributed by atoms with van der Waals surface area (Å²) in [7, 11) is 0. The van der Waals surface area contributed by atoms with Crippen LogP contribution in [0.1, 0.15) is 126 Å². The highest BCUT2D eigenvalue weighted by molar-refractivity contribution is 5.87. The molecule has 0 saturated heterocycles. The first-order chi connectivity index (χ1) is 35.2. The van der Waals surface area contributed by atoms with Crippen LogP contribution in [0.15, 0.2) is 182 Å². The van der Waals surface area contributed by atoms with Gasteiger partial charge in [-0.25, -0.2) is 0 Å². The molecule has 2 atom stereocenters. The van der Waals surface area contributed by atoms with Gasteiger partial charge in [-0.05, 0) is 194 Å². The molecule has 73 heavy (non-hydrogen) atoms. The lowest BCUT2D eigenvalue weighted by Gasteiger charge is -2.38. The molecule has 0 N–H and O–H groups in total. The van der Waals surface area contributed by atoms with E-state index in [9.17, 15) is 0 Å². The Morgan fingerprint density at radius 2 is 0.575 bits per heavy atom. The van der Waals surface area contributed by atoms with Gasteiger partial charge in [0.2, 0.25) is 0 Å². The predicted octanol–water partition coefficient (Wildman–Crippen LogP) is 21.2. The molecule has 374 valence electrons. The molecule has 2 unspecified atom stereocenters. The molecular weight excluding hydrogens is 881 g/mol. The van der Waals surface area contributed by atoms with Crippen molar-refractivity contribution < 1.29 is 0 Å². The molecule has 0 heterocycles. The van der Waals surface area contributed by atoms with Crippen molar-refractivity contribution in [2.75, 3.05) is 9.80 Å². The molecule has 0 aromatic heterocycles. The van der Waals surface area contributed by atoms with Crippen LogP contribution in [-0.2, 0) is 5.41 Å². The highest BCUT2D eigenvalue weighted by atomic mass is 15.1. The first-order valence-electron chi connectivity index (χ1n) is 27.6. The summed E-state index contributed by atoms with van der Waals surface area (Å²) in [6.07, 6.45) is 9.93. The number of benzene rings is 8. The molecular formula is C71H80N2. The van der Waals surface area contributed by atoms with Crippen molar-refractivity contribution in [2.45, 2.75) is 126 Å². The van der Waals surface area contributed by atoms with E-state index in [0.717, 1.165) is 58.8 Å². The third kappa shape index (κ3) is 11.8. The molecule has 0 aliphatic heterocycles. The monoisotopic (exact) mass is 961 g/mol. The second-order valence-corrected chi connectivity index (χ2v) is 23.0. The lowest BCUT2D eigenvalue weighted by atomic mass is 9.66. The average molecular weight is 961 g/mol. The third-order valence-corrected chi connectivity index (χ3v) is 15.8. The van der Waals surface area contributed by atoms with Crippen LogP contribution in [-0.4, -0.2) is 0 Å². The van der Waals surface area contributed by atoms with Crippen molar-refractivity contribution in [3.63, 3.8) is 0 Å². The fourth-order valence-corrected chi connectivity index (χ4v) is 11.8. The maximum absolute atomic E-state index is 2.61.